The first-order chi connectivity index (χ1) is 12.2. The van der Waals surface area contributed by atoms with Crippen LogP contribution in [0.25, 0.3) is 0 Å². The quantitative estimate of drug-likeness (QED) is 0.701. The van der Waals surface area contributed by atoms with Crippen LogP contribution in [0, 0.1) is 6.92 Å². The number of pyridine rings is 1. The highest BCUT2D eigenvalue weighted by Gasteiger charge is 2.46. The van der Waals surface area contributed by atoms with Crippen LogP contribution in [0.4, 0.5) is 4.79 Å². The van der Waals surface area contributed by atoms with E-state index in [-0.39, 0.29) is 6.10 Å². The number of piperidine rings is 1. The van der Waals surface area contributed by atoms with Crippen molar-refractivity contribution in [3.05, 3.63) is 23.9 Å². The predicted molar refractivity (Wildman–Crippen MR) is 93.1 cm³/mol. The number of carbonyl (C=O) groups excluding carboxylic acids is 2. The van der Waals surface area contributed by atoms with Crippen molar-refractivity contribution in [2.45, 2.75) is 38.3 Å². The molecule has 2 fully saturated rings. The number of hydrogen-bond donors (Lipinski definition) is 2. The smallest absolute Gasteiger partial charge is 0.322 e. The minimum absolute atomic E-state index is 0.110. The van der Waals surface area contributed by atoms with Gasteiger partial charge in [-0.05, 0) is 32.3 Å². The molecule has 2 saturated heterocycles. The monoisotopic (exact) mass is 382 g/mol. The summed E-state index contributed by atoms with van der Waals surface area (Å²) in [6, 6.07) is 3.02. The second-order valence-corrected chi connectivity index (χ2v) is 8.86. The zero-order valence-corrected chi connectivity index (χ0v) is 15.5. The number of rotatable bonds is 5. The second kappa shape index (κ2) is 6.84. The van der Waals surface area contributed by atoms with Crippen LogP contribution in [0.1, 0.15) is 25.3 Å². The van der Waals surface area contributed by atoms with Gasteiger partial charge in [-0.15, -0.1) is 0 Å². The molecule has 142 valence electrons. The summed E-state index contributed by atoms with van der Waals surface area (Å²) in [5, 5.41) is 4.46. The van der Waals surface area contributed by atoms with E-state index in [4.69, 9.17) is 4.74 Å². The van der Waals surface area contributed by atoms with Crippen molar-refractivity contribution < 1.29 is 22.7 Å². The van der Waals surface area contributed by atoms with E-state index in [9.17, 15) is 18.0 Å². The zero-order valence-electron chi connectivity index (χ0n) is 14.7. The number of hydrogen-bond acceptors (Lipinski definition) is 6. The third kappa shape index (κ3) is 3.96. The number of amides is 3. The van der Waals surface area contributed by atoms with E-state index >= 15 is 0 Å². The zero-order chi connectivity index (χ0) is 18.9. The van der Waals surface area contributed by atoms with Crippen LogP contribution in [-0.4, -0.2) is 60.1 Å². The van der Waals surface area contributed by atoms with Crippen molar-refractivity contribution in [3.63, 3.8) is 0 Å². The van der Waals surface area contributed by atoms with Gasteiger partial charge in [-0.25, -0.2) is 22.5 Å². The van der Waals surface area contributed by atoms with E-state index in [0.717, 1.165) is 5.56 Å². The summed E-state index contributed by atoms with van der Waals surface area (Å²) >= 11 is 0. The minimum atomic E-state index is -3.70. The second-order valence-electron chi connectivity index (χ2n) is 6.89. The molecule has 2 aliphatic rings. The molecule has 1 atom stereocenters. The Morgan fingerprint density at radius 3 is 2.54 bits per heavy atom. The molecule has 1 aromatic rings. The molecule has 0 spiro atoms. The number of imide groups is 1. The predicted octanol–water partition coefficient (Wildman–Crippen LogP) is 0.161. The average molecular weight is 382 g/mol. The molecule has 0 saturated carbocycles. The van der Waals surface area contributed by atoms with Crippen LogP contribution in [-0.2, 0) is 14.8 Å². The standard InChI is InChI=1S/C16H22N4O5S/c1-11-3-4-13(17-9-11)25-12-5-7-20(8-6-12)26(23,24)10-16(2)14(21)18-15(22)19-16/h3-4,9,12H,5-8,10H2,1-2H3,(H2,18,19,21,22)/t16-/m1/s1. The van der Waals surface area contributed by atoms with E-state index in [2.05, 4.69) is 15.6 Å². The van der Waals surface area contributed by atoms with Gasteiger partial charge in [-0.1, -0.05) is 6.07 Å². The Kier molecular flexibility index (Phi) is 4.89. The fourth-order valence-corrected chi connectivity index (χ4v) is 4.94. The summed E-state index contributed by atoms with van der Waals surface area (Å²) in [7, 11) is -3.70. The molecule has 9 nitrogen and oxygen atoms in total. The van der Waals surface area contributed by atoms with Gasteiger partial charge < -0.3 is 10.1 Å². The molecule has 2 aliphatic heterocycles. The Labute approximate surface area is 152 Å². The molecule has 0 aromatic carbocycles. The first kappa shape index (κ1) is 18.6. The third-order valence-corrected chi connectivity index (χ3v) is 6.65. The SMILES string of the molecule is Cc1ccc(OC2CCN(S(=O)(=O)C[C@@]3(C)NC(=O)NC3=O)CC2)nc1. The minimum Gasteiger partial charge on any atom is -0.474 e. The highest BCUT2D eigenvalue weighted by Crippen LogP contribution is 2.22. The molecule has 2 N–H and O–H groups in total. The average Bonchev–Trinajstić information content (AvgIpc) is 2.81. The number of carbonyl (C=O) groups is 2. The summed E-state index contributed by atoms with van der Waals surface area (Å²) in [5.74, 6) is -0.577. The Balaban J connectivity index is 1.57. The molecule has 26 heavy (non-hydrogen) atoms. The number of urea groups is 1. The van der Waals surface area contributed by atoms with Gasteiger partial charge in [0.1, 0.15) is 11.6 Å². The molecule has 0 bridgehead atoms. The number of nitrogens with zero attached hydrogens (tertiary/aromatic N) is 2. The lowest BCUT2D eigenvalue weighted by Gasteiger charge is -2.33. The number of aromatic nitrogens is 1. The normalized spacial score (nSPS) is 25.0. The Morgan fingerprint density at radius 2 is 2.00 bits per heavy atom. The Morgan fingerprint density at radius 1 is 1.31 bits per heavy atom. The lowest BCUT2D eigenvalue weighted by molar-refractivity contribution is -0.122. The molecular weight excluding hydrogens is 360 g/mol. The first-order valence-electron chi connectivity index (χ1n) is 8.39. The number of aryl methyl sites for hydroxylation is 1. The van der Waals surface area contributed by atoms with Crippen LogP contribution >= 0.6 is 0 Å². The van der Waals surface area contributed by atoms with Crippen LogP contribution < -0.4 is 15.4 Å². The number of sulfonamides is 1. The maximum Gasteiger partial charge on any atom is 0.322 e. The van der Waals surface area contributed by atoms with Gasteiger partial charge in [0.15, 0.2) is 0 Å². The summed E-state index contributed by atoms with van der Waals surface area (Å²) in [4.78, 5) is 27.3. The van der Waals surface area contributed by atoms with Crippen molar-refractivity contribution in [1.82, 2.24) is 19.9 Å². The van der Waals surface area contributed by atoms with Crippen LogP contribution in [0.15, 0.2) is 18.3 Å². The lowest BCUT2D eigenvalue weighted by atomic mass is 10.1. The van der Waals surface area contributed by atoms with Crippen molar-refractivity contribution in [3.8, 4) is 5.88 Å². The van der Waals surface area contributed by atoms with E-state index in [1.165, 1.54) is 11.2 Å². The van der Waals surface area contributed by atoms with Gasteiger partial charge in [-0.3, -0.25) is 10.1 Å². The fourth-order valence-electron chi connectivity index (χ4n) is 3.06. The van der Waals surface area contributed by atoms with Gasteiger partial charge in [0.05, 0.1) is 5.75 Å². The van der Waals surface area contributed by atoms with E-state index in [0.29, 0.717) is 31.8 Å². The van der Waals surface area contributed by atoms with Gasteiger partial charge in [0, 0.05) is 25.4 Å². The maximum atomic E-state index is 12.6. The van der Waals surface area contributed by atoms with Crippen molar-refractivity contribution in [2.24, 2.45) is 0 Å². The largest absolute Gasteiger partial charge is 0.474 e. The first-order valence-corrected chi connectivity index (χ1v) is 10.00. The van der Waals surface area contributed by atoms with Gasteiger partial charge in [0.25, 0.3) is 5.91 Å². The molecule has 10 heteroatoms. The van der Waals surface area contributed by atoms with E-state index < -0.39 is 33.3 Å². The molecule has 3 rings (SSSR count). The molecule has 0 aliphatic carbocycles. The summed E-state index contributed by atoms with van der Waals surface area (Å²) in [6.45, 7) is 3.94. The highest BCUT2D eigenvalue weighted by molar-refractivity contribution is 7.89. The summed E-state index contributed by atoms with van der Waals surface area (Å²) in [5.41, 5.74) is -0.412. The third-order valence-electron chi connectivity index (χ3n) is 4.55. The van der Waals surface area contributed by atoms with Gasteiger partial charge in [-0.2, -0.15) is 0 Å². The van der Waals surface area contributed by atoms with Crippen LogP contribution in [0.5, 0.6) is 5.88 Å². The highest BCUT2D eigenvalue weighted by atomic mass is 32.2. The lowest BCUT2D eigenvalue weighted by Crippen LogP contribution is -2.53. The van der Waals surface area contributed by atoms with E-state index in [1.54, 1.807) is 12.3 Å². The topological polar surface area (TPSA) is 118 Å². The maximum absolute atomic E-state index is 12.6. The van der Waals surface area contributed by atoms with E-state index in [1.807, 2.05) is 13.0 Å². The fraction of sp³-hybridized carbons (Fsp3) is 0.562. The van der Waals surface area contributed by atoms with Crippen molar-refractivity contribution in [1.29, 1.82) is 0 Å². The van der Waals surface area contributed by atoms with Crippen molar-refractivity contribution in [2.75, 3.05) is 18.8 Å². The van der Waals surface area contributed by atoms with Gasteiger partial charge in [0.2, 0.25) is 15.9 Å². The Bertz CT molecular complexity index is 802. The van der Waals surface area contributed by atoms with Gasteiger partial charge >= 0.3 is 6.03 Å². The van der Waals surface area contributed by atoms with Crippen molar-refractivity contribution >= 4 is 22.0 Å². The summed E-state index contributed by atoms with van der Waals surface area (Å²) in [6.07, 6.45) is 2.67. The molecule has 3 amide bonds. The Hall–Kier alpha value is -2.20. The summed E-state index contributed by atoms with van der Waals surface area (Å²) < 4.78 is 32.4. The number of ether oxygens (including phenoxy) is 1. The van der Waals surface area contributed by atoms with Crippen LogP contribution in [0.2, 0.25) is 0 Å². The van der Waals surface area contributed by atoms with Crippen LogP contribution in [0.3, 0.4) is 0 Å². The molecule has 0 radical (unpaired) electrons. The molecule has 1 aromatic heterocycles. The molecule has 3 heterocycles. The molecule has 0 unspecified atom stereocenters. The molecular formula is C16H22N4O5S. The number of nitrogens with one attached hydrogen (secondary N) is 2.